The molecule has 0 bridgehead atoms. The molecule has 2 rings (SSSR count). The van der Waals surface area contributed by atoms with Crippen molar-refractivity contribution in [3.05, 3.63) is 35.9 Å². The topological polar surface area (TPSA) is 88.6 Å². The van der Waals surface area contributed by atoms with E-state index in [1.807, 2.05) is 20.2 Å². The predicted octanol–water partition coefficient (Wildman–Crippen LogP) is 2.04. The number of benzene rings is 1. The van der Waals surface area contributed by atoms with Crippen LogP contribution in [0.4, 0.5) is 11.6 Å². The van der Waals surface area contributed by atoms with Gasteiger partial charge in [-0.2, -0.15) is 0 Å². The van der Waals surface area contributed by atoms with Crippen LogP contribution in [0.25, 0.3) is 0 Å². The number of rotatable bonds is 10. The highest BCUT2D eigenvalue weighted by atomic mass is 16.5. The first kappa shape index (κ1) is 20.4. The van der Waals surface area contributed by atoms with Gasteiger partial charge in [-0.25, -0.2) is 0 Å². The fraction of sp³-hybridized carbons (Fsp3) is 0.421. The van der Waals surface area contributed by atoms with E-state index in [0.717, 1.165) is 25.1 Å². The predicted molar refractivity (Wildman–Crippen MR) is 106 cm³/mol. The van der Waals surface area contributed by atoms with Crippen molar-refractivity contribution in [2.75, 3.05) is 52.0 Å². The van der Waals surface area contributed by atoms with Crippen LogP contribution in [-0.2, 0) is 11.2 Å². The Labute approximate surface area is 159 Å². The van der Waals surface area contributed by atoms with Crippen LogP contribution < -0.4 is 20.1 Å². The molecule has 27 heavy (non-hydrogen) atoms. The van der Waals surface area contributed by atoms with Crippen molar-refractivity contribution in [1.29, 1.82) is 0 Å². The summed E-state index contributed by atoms with van der Waals surface area (Å²) in [6.07, 6.45) is 1.21. The molecule has 0 saturated heterocycles. The van der Waals surface area contributed by atoms with Crippen molar-refractivity contribution in [2.45, 2.75) is 12.8 Å². The molecule has 1 aromatic heterocycles. The zero-order valence-corrected chi connectivity index (χ0v) is 16.3. The van der Waals surface area contributed by atoms with Gasteiger partial charge in [0.1, 0.15) is 5.82 Å². The van der Waals surface area contributed by atoms with Crippen molar-refractivity contribution in [2.24, 2.45) is 0 Å². The van der Waals surface area contributed by atoms with Crippen molar-refractivity contribution >= 4 is 17.5 Å². The number of methoxy groups -OCH3 is 2. The summed E-state index contributed by atoms with van der Waals surface area (Å²) in [5, 5.41) is 14.1. The van der Waals surface area contributed by atoms with Crippen molar-refractivity contribution < 1.29 is 14.3 Å². The van der Waals surface area contributed by atoms with Crippen LogP contribution in [0.3, 0.4) is 0 Å². The number of nitrogens with zero attached hydrogens (tertiary/aromatic N) is 3. The summed E-state index contributed by atoms with van der Waals surface area (Å²) in [6.45, 7) is 1.82. The first-order valence-electron chi connectivity index (χ1n) is 8.75. The van der Waals surface area contributed by atoms with E-state index in [1.165, 1.54) is 0 Å². The molecular formula is C19H27N5O3. The van der Waals surface area contributed by atoms with Gasteiger partial charge in [0.25, 0.3) is 0 Å². The van der Waals surface area contributed by atoms with E-state index >= 15 is 0 Å². The molecule has 146 valence electrons. The summed E-state index contributed by atoms with van der Waals surface area (Å²) in [7, 11) is 7.22. The molecule has 2 N–H and O–H groups in total. The maximum absolute atomic E-state index is 12.2. The van der Waals surface area contributed by atoms with Crippen LogP contribution >= 0.6 is 0 Å². The molecule has 0 aliphatic rings. The molecule has 1 aromatic carbocycles. The second kappa shape index (κ2) is 10.3. The molecular weight excluding hydrogens is 346 g/mol. The van der Waals surface area contributed by atoms with E-state index < -0.39 is 0 Å². The molecule has 0 aliphatic heterocycles. The number of anilines is 2. The molecule has 0 radical (unpaired) electrons. The summed E-state index contributed by atoms with van der Waals surface area (Å²) < 4.78 is 10.5. The molecule has 0 fully saturated rings. The molecule has 0 unspecified atom stereocenters. The minimum absolute atomic E-state index is 0.178. The van der Waals surface area contributed by atoms with Gasteiger partial charge in [-0.1, -0.05) is 6.07 Å². The van der Waals surface area contributed by atoms with E-state index in [2.05, 4.69) is 25.7 Å². The quantitative estimate of drug-likeness (QED) is 0.616. The summed E-state index contributed by atoms with van der Waals surface area (Å²) in [4.78, 5) is 14.4. The van der Waals surface area contributed by atoms with Gasteiger partial charge in [-0.05, 0) is 56.9 Å². The van der Waals surface area contributed by atoms with Crippen LogP contribution in [-0.4, -0.2) is 62.4 Å². The van der Waals surface area contributed by atoms with E-state index in [1.54, 1.807) is 38.5 Å². The highest BCUT2D eigenvalue weighted by Crippen LogP contribution is 2.27. The lowest BCUT2D eigenvalue weighted by molar-refractivity contribution is -0.115. The van der Waals surface area contributed by atoms with Crippen LogP contribution in [0.2, 0.25) is 0 Å². The first-order valence-corrected chi connectivity index (χ1v) is 8.75. The monoisotopic (exact) mass is 373 g/mol. The zero-order chi connectivity index (χ0) is 19.6. The smallest absolute Gasteiger partial charge is 0.229 e. The lowest BCUT2D eigenvalue weighted by Gasteiger charge is -2.10. The number of carbonyl (C=O) groups excluding carboxylic acids is 1. The Bertz CT molecular complexity index is 735. The molecule has 0 spiro atoms. The van der Waals surface area contributed by atoms with Crippen molar-refractivity contribution in [3.8, 4) is 11.5 Å². The normalized spacial score (nSPS) is 10.6. The van der Waals surface area contributed by atoms with Gasteiger partial charge in [-0.3, -0.25) is 4.79 Å². The summed E-state index contributed by atoms with van der Waals surface area (Å²) in [6, 6.07) is 8.92. The van der Waals surface area contributed by atoms with Crippen molar-refractivity contribution in [1.82, 2.24) is 15.1 Å². The van der Waals surface area contributed by atoms with E-state index in [4.69, 9.17) is 9.47 Å². The van der Waals surface area contributed by atoms with Gasteiger partial charge in [0.2, 0.25) is 5.91 Å². The van der Waals surface area contributed by atoms with Gasteiger partial charge in [-0.15, -0.1) is 10.2 Å². The number of amides is 1. The number of hydrogen-bond acceptors (Lipinski definition) is 7. The summed E-state index contributed by atoms with van der Waals surface area (Å²) >= 11 is 0. The number of nitrogens with one attached hydrogen (secondary N) is 2. The molecule has 8 heteroatoms. The third-order valence-corrected chi connectivity index (χ3v) is 3.83. The van der Waals surface area contributed by atoms with E-state index in [9.17, 15) is 4.79 Å². The third kappa shape index (κ3) is 6.74. The van der Waals surface area contributed by atoms with Gasteiger partial charge < -0.3 is 25.0 Å². The molecule has 1 heterocycles. The Morgan fingerprint density at radius 3 is 2.37 bits per heavy atom. The molecule has 0 aliphatic carbocycles. The van der Waals surface area contributed by atoms with Crippen LogP contribution in [0.15, 0.2) is 30.3 Å². The molecule has 1 amide bonds. The zero-order valence-electron chi connectivity index (χ0n) is 16.3. The van der Waals surface area contributed by atoms with E-state index in [-0.39, 0.29) is 12.3 Å². The van der Waals surface area contributed by atoms with Crippen LogP contribution in [0.1, 0.15) is 12.0 Å². The highest BCUT2D eigenvalue weighted by Gasteiger charge is 2.09. The maximum atomic E-state index is 12.2. The molecule has 2 aromatic rings. The van der Waals surface area contributed by atoms with Gasteiger partial charge in [0, 0.05) is 6.54 Å². The Hall–Kier alpha value is -2.87. The van der Waals surface area contributed by atoms with Gasteiger partial charge >= 0.3 is 0 Å². The summed E-state index contributed by atoms with van der Waals surface area (Å²) in [5.41, 5.74) is 0.817. The Morgan fingerprint density at radius 2 is 1.74 bits per heavy atom. The Balaban J connectivity index is 1.85. The molecule has 8 nitrogen and oxygen atoms in total. The second-order valence-corrected chi connectivity index (χ2v) is 6.30. The number of ether oxygens (including phenoxy) is 2. The van der Waals surface area contributed by atoms with E-state index in [0.29, 0.717) is 23.1 Å². The SMILES string of the molecule is COc1ccc(CC(=O)Nc2ccc(NCCCN(C)C)nn2)cc1OC. The number of hydrogen-bond donors (Lipinski definition) is 2. The second-order valence-electron chi connectivity index (χ2n) is 6.30. The van der Waals surface area contributed by atoms with Gasteiger partial charge in [0.15, 0.2) is 17.3 Å². The van der Waals surface area contributed by atoms with Crippen LogP contribution in [0, 0.1) is 0 Å². The lowest BCUT2D eigenvalue weighted by atomic mass is 10.1. The van der Waals surface area contributed by atoms with Crippen LogP contribution in [0.5, 0.6) is 11.5 Å². The first-order chi connectivity index (χ1) is 13.0. The fourth-order valence-electron chi connectivity index (χ4n) is 2.47. The standard InChI is InChI=1S/C19H27N5O3/c1-24(2)11-5-10-20-17-8-9-18(23-22-17)21-19(25)13-14-6-7-15(26-3)16(12-14)27-4/h6-9,12H,5,10-11,13H2,1-4H3,(H,20,22)(H,21,23,25). The average Bonchev–Trinajstić information content (AvgIpc) is 2.66. The molecule has 0 saturated carbocycles. The lowest BCUT2D eigenvalue weighted by Crippen LogP contribution is -2.17. The highest BCUT2D eigenvalue weighted by molar-refractivity contribution is 5.91. The molecule has 0 atom stereocenters. The minimum Gasteiger partial charge on any atom is -0.493 e. The Morgan fingerprint density at radius 1 is 1.04 bits per heavy atom. The number of carbonyl (C=O) groups is 1. The summed E-state index contributed by atoms with van der Waals surface area (Å²) in [5.74, 6) is 2.14. The maximum Gasteiger partial charge on any atom is 0.229 e. The largest absolute Gasteiger partial charge is 0.493 e. The third-order valence-electron chi connectivity index (χ3n) is 3.83. The van der Waals surface area contributed by atoms with Crippen molar-refractivity contribution in [3.63, 3.8) is 0 Å². The number of aromatic nitrogens is 2. The average molecular weight is 373 g/mol. The fourth-order valence-corrected chi connectivity index (χ4v) is 2.47. The van der Waals surface area contributed by atoms with Gasteiger partial charge in [0.05, 0.1) is 20.6 Å². The minimum atomic E-state index is -0.178. The Kier molecular flexibility index (Phi) is 7.81.